The van der Waals surface area contributed by atoms with E-state index in [1.807, 2.05) is 0 Å². The molecule has 0 unspecified atom stereocenters. The fraction of sp³-hybridized carbons (Fsp3) is 0.214. The van der Waals surface area contributed by atoms with Crippen molar-refractivity contribution >= 4 is 37.7 Å². The van der Waals surface area contributed by atoms with Gasteiger partial charge < -0.3 is 4.18 Å². The third kappa shape index (κ3) is 8.30. The van der Waals surface area contributed by atoms with E-state index in [-0.39, 0.29) is 16.3 Å². The Morgan fingerprint density at radius 2 is 1.61 bits per heavy atom. The highest BCUT2D eigenvalue weighted by Crippen LogP contribution is 2.27. The smallest absolute Gasteiger partial charge is 0.374 e. The third-order valence-electron chi connectivity index (χ3n) is 2.95. The monoisotopic (exact) mass is 545 g/mol. The molecule has 2 aromatic rings. The number of alkyl halides is 6. The summed E-state index contributed by atoms with van der Waals surface area (Å²) in [5.41, 5.74) is -9.77. The van der Waals surface area contributed by atoms with E-state index in [0.29, 0.717) is 0 Å². The van der Waals surface area contributed by atoms with Gasteiger partial charge in [-0.3, -0.25) is 14.8 Å². The quantitative estimate of drug-likeness (QED) is 0.260. The molecule has 2 aromatic heterocycles. The molecule has 0 aromatic carbocycles. The highest BCUT2D eigenvalue weighted by molar-refractivity contribution is 7.88. The van der Waals surface area contributed by atoms with Crippen molar-refractivity contribution in [2.24, 2.45) is 0 Å². The summed E-state index contributed by atoms with van der Waals surface area (Å²) in [6.07, 6.45) is 3.28. The molecule has 0 atom stereocenters. The van der Waals surface area contributed by atoms with E-state index in [4.69, 9.17) is 11.6 Å². The molecule has 19 heteroatoms. The summed E-state index contributed by atoms with van der Waals surface area (Å²) in [7, 11) is -11.5. The van der Waals surface area contributed by atoms with E-state index in [0.717, 1.165) is 18.5 Å². The van der Waals surface area contributed by atoms with Gasteiger partial charge in [0.2, 0.25) is 0 Å². The molecule has 2 rings (SSSR count). The predicted octanol–water partition coefficient (Wildman–Crippen LogP) is 2.86. The normalized spacial score (nSPS) is 12.4. The Balaban J connectivity index is 0.000000335. The Labute approximate surface area is 186 Å². The molecular formula is C14H10ClF6N3O7S2. The first-order valence-corrected chi connectivity index (χ1v) is 10.9. The number of carbonyl (C=O) groups is 1. The van der Waals surface area contributed by atoms with Crippen LogP contribution in [0.2, 0.25) is 5.02 Å². The van der Waals surface area contributed by atoms with Crippen LogP contribution in [-0.2, 0) is 24.5 Å². The molecule has 33 heavy (non-hydrogen) atoms. The molecule has 0 radical (unpaired) electrons. The third-order valence-corrected chi connectivity index (χ3v) is 5.00. The second kappa shape index (κ2) is 10.5. The van der Waals surface area contributed by atoms with Crippen molar-refractivity contribution in [3.05, 3.63) is 53.1 Å². The van der Waals surface area contributed by atoms with Crippen LogP contribution in [0.4, 0.5) is 26.3 Å². The lowest BCUT2D eigenvalue weighted by molar-refractivity contribution is -0.0572. The van der Waals surface area contributed by atoms with Gasteiger partial charge in [-0.05, 0) is 19.1 Å². The summed E-state index contributed by atoms with van der Waals surface area (Å²) in [4.78, 5) is 18.4. The fourth-order valence-electron chi connectivity index (χ4n) is 1.53. The minimum absolute atomic E-state index is 0.0372. The van der Waals surface area contributed by atoms with Crippen LogP contribution in [0.1, 0.15) is 16.1 Å². The van der Waals surface area contributed by atoms with Crippen molar-refractivity contribution in [3.8, 4) is 5.75 Å². The molecule has 0 aliphatic heterocycles. The molecule has 1 N–H and O–H groups in total. The number of nitrogens with zero attached hydrogens (tertiary/aromatic N) is 2. The molecule has 0 saturated heterocycles. The molecule has 184 valence electrons. The Morgan fingerprint density at radius 3 is 2.09 bits per heavy atom. The molecule has 10 nitrogen and oxygen atoms in total. The average molecular weight is 546 g/mol. The Kier molecular flexibility index (Phi) is 9.01. The zero-order valence-electron chi connectivity index (χ0n) is 15.7. The second-order valence-electron chi connectivity index (χ2n) is 5.37. The zero-order valence-corrected chi connectivity index (χ0v) is 18.1. The molecule has 1 amide bonds. The maximum absolute atomic E-state index is 11.9. The number of halogens is 7. The van der Waals surface area contributed by atoms with Gasteiger partial charge in [0.25, 0.3) is 5.91 Å². The molecular weight excluding hydrogens is 536 g/mol. The number of pyridine rings is 2. The molecule has 0 aliphatic carbocycles. The summed E-state index contributed by atoms with van der Waals surface area (Å²) in [6, 6.07) is 3.51. The summed E-state index contributed by atoms with van der Waals surface area (Å²) in [6.45, 7) is 1.42. The molecule has 0 bridgehead atoms. The minimum atomic E-state index is -5.87. The number of hydrogen-bond donors (Lipinski definition) is 1. The molecule has 0 spiro atoms. The van der Waals surface area contributed by atoms with Crippen molar-refractivity contribution < 1.29 is 56.4 Å². The van der Waals surface area contributed by atoms with E-state index in [2.05, 4.69) is 18.4 Å². The Bertz CT molecular complexity index is 1200. The van der Waals surface area contributed by atoms with E-state index < -0.39 is 42.9 Å². The highest BCUT2D eigenvalue weighted by atomic mass is 35.5. The maximum Gasteiger partial charge on any atom is 0.534 e. The first kappa shape index (κ1) is 28.3. The Morgan fingerprint density at radius 1 is 1.03 bits per heavy atom. The van der Waals surface area contributed by atoms with Gasteiger partial charge in [-0.2, -0.15) is 43.2 Å². The van der Waals surface area contributed by atoms with E-state index >= 15 is 0 Å². The van der Waals surface area contributed by atoms with Crippen LogP contribution in [0.25, 0.3) is 0 Å². The second-order valence-corrected chi connectivity index (χ2v) is 8.88. The number of hydrogen-bond acceptors (Lipinski definition) is 9. The number of hydroxylamine groups is 1. The van der Waals surface area contributed by atoms with Crippen molar-refractivity contribution in [3.63, 3.8) is 0 Å². The molecule has 0 aliphatic rings. The number of carbonyl (C=O) groups excluding carboxylic acids is 1. The van der Waals surface area contributed by atoms with Gasteiger partial charge in [-0.15, -0.1) is 4.28 Å². The lowest BCUT2D eigenvalue weighted by Crippen LogP contribution is -2.34. The minimum Gasteiger partial charge on any atom is -0.374 e. The van der Waals surface area contributed by atoms with Gasteiger partial charge in [0.05, 0.1) is 22.5 Å². The van der Waals surface area contributed by atoms with Gasteiger partial charge in [0.15, 0.2) is 5.75 Å². The molecule has 0 fully saturated rings. The van der Waals surface area contributed by atoms with Crippen molar-refractivity contribution in [1.82, 2.24) is 15.4 Å². The lowest BCUT2D eigenvalue weighted by Gasteiger charge is -2.09. The van der Waals surface area contributed by atoms with Gasteiger partial charge in [0.1, 0.15) is 0 Å². The average Bonchev–Trinajstić information content (AvgIpc) is 2.65. The predicted molar refractivity (Wildman–Crippen MR) is 97.3 cm³/mol. The number of aromatic nitrogens is 2. The summed E-state index contributed by atoms with van der Waals surface area (Å²) in [5.74, 6) is -1.74. The zero-order chi connectivity index (χ0) is 25.7. The van der Waals surface area contributed by atoms with Crippen molar-refractivity contribution in [2.75, 3.05) is 0 Å². The van der Waals surface area contributed by atoms with Crippen LogP contribution in [-0.4, -0.2) is 43.7 Å². The lowest BCUT2D eigenvalue weighted by atomic mass is 10.2. The largest absolute Gasteiger partial charge is 0.534 e. The van der Waals surface area contributed by atoms with E-state index in [1.54, 1.807) is 0 Å². The highest BCUT2D eigenvalue weighted by Gasteiger charge is 2.49. The van der Waals surface area contributed by atoms with Crippen LogP contribution in [0.3, 0.4) is 0 Å². The summed E-state index contributed by atoms with van der Waals surface area (Å²) < 4.78 is 120. The van der Waals surface area contributed by atoms with Crippen LogP contribution in [0, 0.1) is 6.92 Å². The Hall–Kier alpha value is -2.70. The fourth-order valence-corrected chi connectivity index (χ4v) is 2.41. The number of aryl methyl sites for hydroxylation is 1. The van der Waals surface area contributed by atoms with E-state index in [9.17, 15) is 48.0 Å². The van der Waals surface area contributed by atoms with Gasteiger partial charge in [-0.1, -0.05) is 11.6 Å². The summed E-state index contributed by atoms with van der Waals surface area (Å²) >= 11 is 5.37. The summed E-state index contributed by atoms with van der Waals surface area (Å²) in [5, 5.41) is -0.0372. The van der Waals surface area contributed by atoms with Crippen LogP contribution in [0.5, 0.6) is 5.75 Å². The number of nitrogens with one attached hydrogen (secondary N) is 1. The SMILES string of the molecule is Cc1ncccc1C(=O)NOS(=O)(=O)C(F)(F)F.O=S(=O)(Oc1cncc(Cl)c1)C(F)(F)F. The first-order valence-electron chi connectivity index (χ1n) is 7.70. The molecule has 0 saturated carbocycles. The van der Waals surface area contributed by atoms with Crippen LogP contribution < -0.4 is 9.66 Å². The number of amides is 1. The van der Waals surface area contributed by atoms with Gasteiger partial charge in [-0.25, -0.2) is 5.48 Å². The molecule has 2 heterocycles. The van der Waals surface area contributed by atoms with Gasteiger partial charge >= 0.3 is 31.3 Å². The number of rotatable bonds is 5. The van der Waals surface area contributed by atoms with Crippen molar-refractivity contribution in [1.29, 1.82) is 0 Å². The van der Waals surface area contributed by atoms with Crippen LogP contribution >= 0.6 is 11.6 Å². The van der Waals surface area contributed by atoms with Crippen molar-refractivity contribution in [2.45, 2.75) is 17.9 Å². The van der Waals surface area contributed by atoms with Crippen LogP contribution in [0.15, 0.2) is 36.8 Å². The topological polar surface area (TPSA) is 142 Å². The standard InChI is InChI=1S/C8H7F3N2O4S.C6H3ClF3NO3S/c1-5-6(3-2-4-12-5)7(14)13-17-18(15,16)8(9,10)11;7-4-1-5(3-11-2-4)14-15(12,13)6(8,9)10/h2-4H,1H3,(H,13,14);1-3H. The van der Waals surface area contributed by atoms with Gasteiger partial charge in [0, 0.05) is 18.5 Å². The first-order chi connectivity index (χ1) is 14.9. The maximum atomic E-state index is 11.9. The van der Waals surface area contributed by atoms with E-state index in [1.165, 1.54) is 30.7 Å².